The van der Waals surface area contributed by atoms with Crippen LogP contribution < -0.4 is 9.46 Å². The van der Waals surface area contributed by atoms with Gasteiger partial charge in [0.05, 0.1) is 6.61 Å². The standard InChI is InChI=1S/C27H30N4O5S/c28-31-29-17-7-8-18-35-25-15-13-23(14-16-25)20-27(30-37(33)34,19-22-9-3-1-4-10-22)26(32)36-21-24-11-5-2-6-12-24/h1-6,9-16,30H,7-8,17-21H2,(H,33,34)/p-1/t27-/m0/s1. The van der Waals surface area contributed by atoms with Gasteiger partial charge in [0, 0.05) is 35.6 Å². The lowest BCUT2D eigenvalue weighted by atomic mass is 9.85. The van der Waals surface area contributed by atoms with Crippen LogP contribution in [0.5, 0.6) is 5.75 Å². The van der Waals surface area contributed by atoms with Crippen LogP contribution in [0.2, 0.25) is 0 Å². The average Bonchev–Trinajstić information content (AvgIpc) is 2.91. The highest BCUT2D eigenvalue weighted by molar-refractivity contribution is 7.77. The van der Waals surface area contributed by atoms with Crippen molar-refractivity contribution in [2.24, 2.45) is 5.11 Å². The van der Waals surface area contributed by atoms with Crippen LogP contribution in [-0.4, -0.2) is 33.4 Å². The normalized spacial score (nSPS) is 13.1. The first-order chi connectivity index (χ1) is 18.0. The molecule has 3 aromatic carbocycles. The Balaban J connectivity index is 1.77. The molecule has 0 radical (unpaired) electrons. The number of carbonyl (C=O) groups is 1. The largest absolute Gasteiger partial charge is 0.760 e. The first-order valence-corrected chi connectivity index (χ1v) is 12.9. The Labute approximate surface area is 218 Å². The molecule has 0 bridgehead atoms. The summed E-state index contributed by atoms with van der Waals surface area (Å²) in [6.07, 6.45) is 1.66. The maximum absolute atomic E-state index is 13.5. The Kier molecular flexibility index (Phi) is 11.1. The van der Waals surface area contributed by atoms with Crippen molar-refractivity contribution in [3.63, 3.8) is 0 Å². The minimum Gasteiger partial charge on any atom is -0.760 e. The molecule has 0 saturated heterocycles. The minimum absolute atomic E-state index is 0.0237. The van der Waals surface area contributed by atoms with Crippen LogP contribution in [0.4, 0.5) is 0 Å². The molecule has 3 aromatic rings. The van der Waals surface area contributed by atoms with Crippen LogP contribution in [0, 0.1) is 0 Å². The average molecular weight is 522 g/mol. The molecule has 2 atom stereocenters. The lowest BCUT2D eigenvalue weighted by molar-refractivity contribution is -0.152. The summed E-state index contributed by atoms with van der Waals surface area (Å²) >= 11 is -2.72. The molecule has 194 valence electrons. The van der Waals surface area contributed by atoms with Gasteiger partial charge in [0.2, 0.25) is 0 Å². The van der Waals surface area contributed by atoms with Crippen molar-refractivity contribution in [2.75, 3.05) is 13.2 Å². The van der Waals surface area contributed by atoms with Gasteiger partial charge in [-0.25, -0.2) is 9.52 Å². The molecule has 37 heavy (non-hydrogen) atoms. The third kappa shape index (κ3) is 9.36. The van der Waals surface area contributed by atoms with E-state index in [1.807, 2.05) is 60.7 Å². The van der Waals surface area contributed by atoms with Gasteiger partial charge >= 0.3 is 5.97 Å². The number of nitrogens with one attached hydrogen (secondary N) is 1. The number of ether oxygens (including phenoxy) is 2. The number of carbonyl (C=O) groups excluding carboxylic acids is 1. The molecule has 10 heteroatoms. The van der Waals surface area contributed by atoms with E-state index < -0.39 is 22.8 Å². The molecule has 0 amide bonds. The Morgan fingerprint density at radius 2 is 1.51 bits per heavy atom. The quantitative estimate of drug-likeness (QED) is 0.0764. The zero-order valence-electron chi connectivity index (χ0n) is 20.3. The molecular formula is C27H29N4O5S-. The number of benzene rings is 3. The highest BCUT2D eigenvalue weighted by atomic mass is 32.2. The van der Waals surface area contributed by atoms with E-state index in [9.17, 15) is 13.6 Å². The van der Waals surface area contributed by atoms with Crippen molar-refractivity contribution < 1.29 is 23.0 Å². The van der Waals surface area contributed by atoms with E-state index in [1.165, 1.54) is 0 Å². The van der Waals surface area contributed by atoms with Gasteiger partial charge < -0.3 is 14.0 Å². The molecule has 0 spiro atoms. The SMILES string of the molecule is [N-]=[N+]=NCCCCOc1ccc(C[C@](Cc2ccccc2)(NS(=O)[O-])C(=O)OCc2ccccc2)cc1. The number of azide groups is 1. The number of rotatable bonds is 15. The van der Waals surface area contributed by atoms with Crippen LogP contribution >= 0.6 is 0 Å². The zero-order valence-corrected chi connectivity index (χ0v) is 21.1. The molecule has 3 rings (SSSR count). The second-order valence-corrected chi connectivity index (χ2v) is 9.15. The second-order valence-electron chi connectivity index (χ2n) is 8.47. The topological polar surface area (TPSA) is 136 Å². The molecule has 1 N–H and O–H groups in total. The Hall–Kier alpha value is -3.69. The molecular weight excluding hydrogens is 492 g/mol. The molecule has 0 saturated carbocycles. The van der Waals surface area contributed by atoms with Gasteiger partial charge in [-0.05, 0) is 47.2 Å². The summed E-state index contributed by atoms with van der Waals surface area (Å²) in [6, 6.07) is 25.6. The fourth-order valence-electron chi connectivity index (χ4n) is 3.86. The maximum Gasteiger partial charge on any atom is 0.328 e. The zero-order chi connectivity index (χ0) is 26.3. The van der Waals surface area contributed by atoms with E-state index in [2.05, 4.69) is 14.7 Å². The summed E-state index contributed by atoms with van der Waals surface area (Å²) in [7, 11) is 0. The third-order valence-corrected chi connectivity index (χ3v) is 6.20. The number of nitrogens with zero attached hydrogens (tertiary/aromatic N) is 3. The van der Waals surface area contributed by atoms with Gasteiger partial charge in [-0.1, -0.05) is 77.9 Å². The highest BCUT2D eigenvalue weighted by Crippen LogP contribution is 2.24. The summed E-state index contributed by atoms with van der Waals surface area (Å²) in [5.74, 6) is -0.0158. The smallest absolute Gasteiger partial charge is 0.328 e. The van der Waals surface area contributed by atoms with Gasteiger partial charge in [0.25, 0.3) is 0 Å². The van der Waals surface area contributed by atoms with Gasteiger partial charge in [-0.3, -0.25) is 4.21 Å². The summed E-state index contributed by atoms with van der Waals surface area (Å²) in [4.78, 5) is 16.2. The minimum atomic E-state index is -2.72. The van der Waals surface area contributed by atoms with E-state index in [-0.39, 0.29) is 19.4 Å². The Bertz CT molecular complexity index is 1190. The first kappa shape index (κ1) is 27.9. The number of hydrogen-bond acceptors (Lipinski definition) is 6. The molecule has 0 aliphatic carbocycles. The van der Waals surface area contributed by atoms with Crippen molar-refractivity contribution in [1.29, 1.82) is 0 Å². The van der Waals surface area contributed by atoms with E-state index in [1.54, 1.807) is 24.3 Å². The predicted molar refractivity (Wildman–Crippen MR) is 140 cm³/mol. The van der Waals surface area contributed by atoms with Gasteiger partial charge in [-0.2, -0.15) is 0 Å². The second kappa shape index (κ2) is 14.8. The van der Waals surface area contributed by atoms with Crippen LogP contribution in [0.15, 0.2) is 90.0 Å². The first-order valence-electron chi connectivity index (χ1n) is 11.9. The van der Waals surface area contributed by atoms with E-state index in [0.29, 0.717) is 18.9 Å². The summed E-state index contributed by atoms with van der Waals surface area (Å²) in [6.45, 7) is 0.924. The number of hydrogen-bond donors (Lipinski definition) is 1. The molecule has 0 heterocycles. The molecule has 0 aliphatic heterocycles. The lowest BCUT2D eigenvalue weighted by Crippen LogP contribution is -2.56. The van der Waals surface area contributed by atoms with Gasteiger partial charge in [0.1, 0.15) is 17.9 Å². The maximum atomic E-state index is 13.5. The summed E-state index contributed by atoms with van der Waals surface area (Å²) < 4.78 is 37.6. The van der Waals surface area contributed by atoms with Crippen LogP contribution in [0.3, 0.4) is 0 Å². The van der Waals surface area contributed by atoms with Crippen molar-refractivity contribution in [2.45, 2.75) is 37.8 Å². The molecule has 1 unspecified atom stereocenters. The molecule has 9 nitrogen and oxygen atoms in total. The predicted octanol–water partition coefficient (Wildman–Crippen LogP) is 4.81. The lowest BCUT2D eigenvalue weighted by Gasteiger charge is -2.33. The number of esters is 1. The van der Waals surface area contributed by atoms with Gasteiger partial charge in [0.15, 0.2) is 0 Å². The molecule has 0 aromatic heterocycles. The Morgan fingerprint density at radius 1 is 0.919 bits per heavy atom. The van der Waals surface area contributed by atoms with E-state index in [0.717, 1.165) is 29.5 Å². The molecule has 0 fully saturated rings. The van der Waals surface area contributed by atoms with E-state index in [4.69, 9.17) is 15.0 Å². The van der Waals surface area contributed by atoms with Crippen molar-refractivity contribution in [1.82, 2.24) is 4.72 Å². The van der Waals surface area contributed by atoms with Crippen molar-refractivity contribution in [3.8, 4) is 5.75 Å². The van der Waals surface area contributed by atoms with Crippen LogP contribution in [0.25, 0.3) is 10.4 Å². The van der Waals surface area contributed by atoms with E-state index >= 15 is 0 Å². The van der Waals surface area contributed by atoms with Gasteiger partial charge in [-0.15, -0.1) is 0 Å². The highest BCUT2D eigenvalue weighted by Gasteiger charge is 2.41. The Morgan fingerprint density at radius 3 is 2.11 bits per heavy atom. The van der Waals surface area contributed by atoms with Crippen LogP contribution in [0.1, 0.15) is 29.5 Å². The van der Waals surface area contributed by atoms with Crippen LogP contribution in [-0.2, 0) is 40.2 Å². The fourth-order valence-corrected chi connectivity index (χ4v) is 4.40. The summed E-state index contributed by atoms with van der Waals surface area (Å²) in [5, 5.41) is 3.49. The van der Waals surface area contributed by atoms with Crippen molar-refractivity contribution >= 4 is 17.2 Å². The molecule has 0 aliphatic rings. The summed E-state index contributed by atoms with van der Waals surface area (Å²) in [5.41, 5.74) is 9.09. The fraction of sp³-hybridized carbons (Fsp3) is 0.296. The monoisotopic (exact) mass is 521 g/mol. The number of unbranched alkanes of at least 4 members (excludes halogenated alkanes) is 1. The third-order valence-electron chi connectivity index (χ3n) is 5.64. The van der Waals surface area contributed by atoms with Crippen molar-refractivity contribution in [3.05, 3.63) is 112 Å².